The predicted octanol–water partition coefficient (Wildman–Crippen LogP) is 4.59. The van der Waals surface area contributed by atoms with Gasteiger partial charge in [0.2, 0.25) is 0 Å². The molecule has 1 fully saturated rings. The van der Waals surface area contributed by atoms with Crippen LogP contribution >= 0.6 is 11.3 Å². The number of fused-ring (bicyclic) bond motifs is 1. The highest BCUT2D eigenvalue weighted by atomic mass is 32.1. The van der Waals surface area contributed by atoms with Gasteiger partial charge in [-0.25, -0.2) is 9.37 Å². The Kier molecular flexibility index (Phi) is 7.68. The first-order chi connectivity index (χ1) is 15.6. The largest absolute Gasteiger partial charge is 0.494 e. The van der Waals surface area contributed by atoms with Crippen LogP contribution in [0.25, 0.3) is 10.2 Å². The van der Waals surface area contributed by atoms with E-state index in [-0.39, 0.29) is 11.7 Å². The number of ether oxygens (including phenoxy) is 2. The van der Waals surface area contributed by atoms with Crippen molar-refractivity contribution in [2.24, 2.45) is 0 Å². The Morgan fingerprint density at radius 1 is 1.22 bits per heavy atom. The van der Waals surface area contributed by atoms with Crippen LogP contribution in [0.4, 0.5) is 9.52 Å². The summed E-state index contributed by atoms with van der Waals surface area (Å²) in [6.45, 7) is 7.09. The van der Waals surface area contributed by atoms with Crippen molar-refractivity contribution in [2.75, 3.05) is 50.9 Å². The second-order valence-corrected chi connectivity index (χ2v) is 8.75. The zero-order valence-electron chi connectivity index (χ0n) is 18.3. The monoisotopic (exact) mass is 457 g/mol. The summed E-state index contributed by atoms with van der Waals surface area (Å²) >= 11 is 1.33. The van der Waals surface area contributed by atoms with Crippen LogP contribution < -0.4 is 9.64 Å². The molecule has 0 N–H and O–H groups in total. The summed E-state index contributed by atoms with van der Waals surface area (Å²) in [6, 6.07) is 11.7. The van der Waals surface area contributed by atoms with E-state index in [1.165, 1.54) is 23.5 Å². The number of benzene rings is 2. The van der Waals surface area contributed by atoms with Crippen LogP contribution in [0.1, 0.15) is 30.1 Å². The van der Waals surface area contributed by atoms with Gasteiger partial charge in [-0.1, -0.05) is 24.7 Å². The fourth-order valence-corrected chi connectivity index (χ4v) is 4.55. The molecule has 0 unspecified atom stereocenters. The van der Waals surface area contributed by atoms with Crippen LogP contribution in [-0.2, 0) is 4.74 Å². The standard InChI is InChI=1S/C24H28FN3O3S/c1-2-3-14-31-20-7-4-18(5-8-20)23(29)28(11-10-27-12-15-30-16-13-27)24-26-21-9-6-19(25)17-22(21)32-24/h4-9,17H,2-3,10-16H2,1H3. The summed E-state index contributed by atoms with van der Waals surface area (Å²) < 4.78 is 25.5. The Morgan fingerprint density at radius 3 is 2.75 bits per heavy atom. The van der Waals surface area contributed by atoms with Gasteiger partial charge in [0.15, 0.2) is 5.13 Å². The van der Waals surface area contributed by atoms with Crippen molar-refractivity contribution in [3.8, 4) is 5.75 Å². The molecule has 170 valence electrons. The Balaban J connectivity index is 1.54. The SMILES string of the molecule is CCCCOc1ccc(C(=O)N(CCN2CCOCC2)c2nc3ccc(F)cc3s2)cc1. The van der Waals surface area contributed by atoms with E-state index in [0.29, 0.717) is 42.6 Å². The first-order valence-electron chi connectivity index (χ1n) is 11.0. The molecule has 1 amide bonds. The van der Waals surface area contributed by atoms with Crippen LogP contribution in [-0.4, -0.2) is 61.8 Å². The normalized spacial score (nSPS) is 14.6. The lowest BCUT2D eigenvalue weighted by Crippen LogP contribution is -2.43. The number of carbonyl (C=O) groups excluding carboxylic acids is 1. The average Bonchev–Trinajstić information content (AvgIpc) is 3.23. The minimum absolute atomic E-state index is 0.127. The molecule has 1 aromatic heterocycles. The molecule has 6 nitrogen and oxygen atoms in total. The molecular weight excluding hydrogens is 429 g/mol. The molecule has 1 aliphatic heterocycles. The topological polar surface area (TPSA) is 54.9 Å². The number of unbranched alkanes of at least 4 members (excludes halogenated alkanes) is 1. The zero-order valence-corrected chi connectivity index (χ0v) is 19.1. The van der Waals surface area contributed by atoms with Gasteiger partial charge in [-0.15, -0.1) is 0 Å². The number of anilines is 1. The van der Waals surface area contributed by atoms with Gasteiger partial charge in [0.05, 0.1) is 30.0 Å². The number of aromatic nitrogens is 1. The first-order valence-corrected chi connectivity index (χ1v) is 11.9. The second kappa shape index (κ2) is 10.8. The number of halogens is 1. The number of hydrogen-bond acceptors (Lipinski definition) is 6. The Bertz CT molecular complexity index is 1030. The van der Waals surface area contributed by atoms with Crippen molar-refractivity contribution >= 4 is 32.6 Å². The van der Waals surface area contributed by atoms with E-state index in [1.807, 2.05) is 12.1 Å². The van der Waals surface area contributed by atoms with Crippen molar-refractivity contribution < 1.29 is 18.7 Å². The molecular formula is C24H28FN3O3S. The van der Waals surface area contributed by atoms with Crippen LogP contribution in [0, 0.1) is 5.82 Å². The predicted molar refractivity (Wildman–Crippen MR) is 125 cm³/mol. The van der Waals surface area contributed by atoms with Gasteiger partial charge in [-0.2, -0.15) is 0 Å². The Labute approximate surface area is 191 Å². The van der Waals surface area contributed by atoms with Crippen LogP contribution in [0.2, 0.25) is 0 Å². The number of rotatable bonds is 9. The third-order valence-corrected chi connectivity index (χ3v) is 6.47. The summed E-state index contributed by atoms with van der Waals surface area (Å²) in [6.07, 6.45) is 2.06. The van der Waals surface area contributed by atoms with Crippen LogP contribution in [0.15, 0.2) is 42.5 Å². The minimum atomic E-state index is -0.308. The summed E-state index contributed by atoms with van der Waals surface area (Å²) in [5.74, 6) is 0.320. The van der Waals surface area contributed by atoms with Gasteiger partial charge in [-0.05, 0) is 48.9 Å². The van der Waals surface area contributed by atoms with Crippen molar-refractivity contribution in [2.45, 2.75) is 19.8 Å². The lowest BCUT2D eigenvalue weighted by atomic mass is 10.2. The molecule has 0 radical (unpaired) electrons. The highest BCUT2D eigenvalue weighted by Gasteiger charge is 2.23. The van der Waals surface area contributed by atoms with E-state index in [9.17, 15) is 9.18 Å². The molecule has 3 aromatic rings. The van der Waals surface area contributed by atoms with E-state index in [4.69, 9.17) is 9.47 Å². The molecule has 2 aromatic carbocycles. The van der Waals surface area contributed by atoms with Crippen molar-refractivity contribution in [1.82, 2.24) is 9.88 Å². The van der Waals surface area contributed by atoms with E-state index >= 15 is 0 Å². The molecule has 0 atom stereocenters. The van der Waals surface area contributed by atoms with E-state index in [0.717, 1.165) is 42.9 Å². The first kappa shape index (κ1) is 22.6. The fourth-order valence-electron chi connectivity index (χ4n) is 3.54. The lowest BCUT2D eigenvalue weighted by molar-refractivity contribution is 0.0391. The van der Waals surface area contributed by atoms with E-state index in [1.54, 1.807) is 23.1 Å². The molecule has 0 bridgehead atoms. The molecule has 2 heterocycles. The second-order valence-electron chi connectivity index (χ2n) is 7.75. The van der Waals surface area contributed by atoms with Crippen LogP contribution in [0.5, 0.6) is 5.75 Å². The van der Waals surface area contributed by atoms with E-state index < -0.39 is 0 Å². The zero-order chi connectivity index (χ0) is 22.3. The number of carbonyl (C=O) groups is 1. The van der Waals surface area contributed by atoms with Gasteiger partial charge in [-0.3, -0.25) is 14.6 Å². The minimum Gasteiger partial charge on any atom is -0.494 e. The highest BCUT2D eigenvalue weighted by molar-refractivity contribution is 7.22. The summed E-state index contributed by atoms with van der Waals surface area (Å²) in [7, 11) is 0. The smallest absolute Gasteiger partial charge is 0.260 e. The highest BCUT2D eigenvalue weighted by Crippen LogP contribution is 2.30. The molecule has 4 rings (SSSR count). The van der Waals surface area contributed by atoms with Gasteiger partial charge in [0.25, 0.3) is 5.91 Å². The lowest BCUT2D eigenvalue weighted by Gasteiger charge is -2.29. The molecule has 8 heteroatoms. The van der Waals surface area contributed by atoms with Crippen LogP contribution in [0.3, 0.4) is 0 Å². The number of thiazole rings is 1. The molecule has 1 saturated heterocycles. The van der Waals surface area contributed by atoms with Gasteiger partial charge in [0, 0.05) is 31.7 Å². The summed E-state index contributed by atoms with van der Waals surface area (Å²) in [4.78, 5) is 22.1. The molecule has 0 spiro atoms. The Morgan fingerprint density at radius 2 is 2.00 bits per heavy atom. The van der Waals surface area contributed by atoms with Crippen molar-refractivity contribution in [3.63, 3.8) is 0 Å². The number of hydrogen-bond donors (Lipinski definition) is 0. The third kappa shape index (κ3) is 5.62. The average molecular weight is 458 g/mol. The van der Waals surface area contributed by atoms with Crippen molar-refractivity contribution in [3.05, 3.63) is 53.8 Å². The molecule has 32 heavy (non-hydrogen) atoms. The molecule has 1 aliphatic rings. The maximum absolute atomic E-state index is 13.7. The van der Waals surface area contributed by atoms with Gasteiger partial charge in [0.1, 0.15) is 11.6 Å². The van der Waals surface area contributed by atoms with E-state index in [2.05, 4.69) is 16.8 Å². The summed E-state index contributed by atoms with van der Waals surface area (Å²) in [5, 5.41) is 0.576. The third-order valence-electron chi connectivity index (χ3n) is 5.43. The number of morpholine rings is 1. The molecule has 0 saturated carbocycles. The quantitative estimate of drug-likeness (QED) is 0.440. The Hall–Kier alpha value is -2.55. The van der Waals surface area contributed by atoms with Crippen molar-refractivity contribution in [1.29, 1.82) is 0 Å². The number of amides is 1. The fraction of sp³-hybridized carbons (Fsp3) is 0.417. The summed E-state index contributed by atoms with van der Waals surface area (Å²) in [5.41, 5.74) is 1.26. The maximum Gasteiger partial charge on any atom is 0.260 e. The van der Waals surface area contributed by atoms with Gasteiger partial charge < -0.3 is 9.47 Å². The molecule has 0 aliphatic carbocycles. The van der Waals surface area contributed by atoms with Gasteiger partial charge >= 0.3 is 0 Å². The maximum atomic E-state index is 13.7. The number of nitrogens with zero attached hydrogens (tertiary/aromatic N) is 3.